The quantitative estimate of drug-likeness (QED) is 0.556. The zero-order valence-corrected chi connectivity index (χ0v) is 18.2. The molecule has 0 unspecified atom stereocenters. The topological polar surface area (TPSA) is 89.9 Å². The van der Waals surface area contributed by atoms with Crippen LogP contribution in [0, 0.1) is 0 Å². The first-order valence-electron chi connectivity index (χ1n) is 11.0. The summed E-state index contributed by atoms with van der Waals surface area (Å²) in [6.45, 7) is 7.14. The predicted octanol–water partition coefficient (Wildman–Crippen LogP) is 3.83. The van der Waals surface area contributed by atoms with Gasteiger partial charge in [-0.25, -0.2) is 9.59 Å². The maximum Gasteiger partial charge on any atom is 0.414 e. The molecule has 31 heavy (non-hydrogen) atoms. The fraction of sp³-hybridized carbons (Fsp3) is 0.440. The number of carbonyl (C=O) groups is 2. The molecule has 2 aromatic carbocycles. The van der Waals surface area contributed by atoms with Crippen LogP contribution in [0.2, 0.25) is 0 Å². The van der Waals surface area contributed by atoms with Crippen molar-refractivity contribution in [1.29, 1.82) is 0 Å². The minimum absolute atomic E-state index is 0.482. The Balaban J connectivity index is 0.000000501. The summed E-state index contributed by atoms with van der Waals surface area (Å²) in [5.41, 5.74) is 2.85. The SMILES string of the molecule is CCCN1CCC(NCCC(c2ccccc2)c2ccccc2)CC1.O=C(O)C(=O)O. The van der Waals surface area contributed by atoms with Crippen LogP contribution in [0.25, 0.3) is 0 Å². The first-order chi connectivity index (χ1) is 15.0. The lowest BCUT2D eigenvalue weighted by atomic mass is 9.88. The molecule has 168 valence electrons. The van der Waals surface area contributed by atoms with E-state index in [2.05, 4.69) is 77.8 Å². The number of benzene rings is 2. The highest BCUT2D eigenvalue weighted by atomic mass is 16.4. The summed E-state index contributed by atoms with van der Waals surface area (Å²) in [4.78, 5) is 20.8. The van der Waals surface area contributed by atoms with Crippen LogP contribution in [0.4, 0.5) is 0 Å². The maximum absolute atomic E-state index is 9.10. The minimum Gasteiger partial charge on any atom is -0.473 e. The lowest BCUT2D eigenvalue weighted by Gasteiger charge is -2.32. The molecule has 0 bridgehead atoms. The summed E-state index contributed by atoms with van der Waals surface area (Å²) in [6.07, 6.45) is 5.01. The Morgan fingerprint density at radius 2 is 1.42 bits per heavy atom. The third-order valence-electron chi connectivity index (χ3n) is 5.58. The Morgan fingerprint density at radius 1 is 0.935 bits per heavy atom. The molecule has 0 saturated carbocycles. The first-order valence-corrected chi connectivity index (χ1v) is 11.0. The van der Waals surface area contributed by atoms with E-state index < -0.39 is 11.9 Å². The number of piperidine rings is 1. The van der Waals surface area contributed by atoms with Crippen molar-refractivity contribution in [2.75, 3.05) is 26.2 Å². The standard InChI is InChI=1S/C23H32N2.C2H2O4/c1-2-17-25-18-14-22(15-19-25)24-16-13-23(20-9-5-3-6-10-20)21-11-7-4-8-12-21;3-1(4)2(5)6/h3-12,22-24H,2,13-19H2,1H3;(H,3,4)(H,5,6). The largest absolute Gasteiger partial charge is 0.473 e. The highest BCUT2D eigenvalue weighted by molar-refractivity contribution is 6.27. The summed E-state index contributed by atoms with van der Waals surface area (Å²) in [5.74, 6) is -3.17. The van der Waals surface area contributed by atoms with E-state index in [1.165, 1.54) is 50.0 Å². The van der Waals surface area contributed by atoms with Gasteiger partial charge in [0.05, 0.1) is 0 Å². The molecule has 0 aliphatic carbocycles. The van der Waals surface area contributed by atoms with Crippen LogP contribution in [-0.4, -0.2) is 59.3 Å². The van der Waals surface area contributed by atoms with Gasteiger partial charge in [0.15, 0.2) is 0 Å². The van der Waals surface area contributed by atoms with Gasteiger partial charge in [-0.3, -0.25) is 0 Å². The second-order valence-corrected chi connectivity index (χ2v) is 7.84. The molecule has 0 spiro atoms. The number of nitrogens with one attached hydrogen (secondary N) is 1. The molecule has 0 aromatic heterocycles. The smallest absolute Gasteiger partial charge is 0.414 e. The van der Waals surface area contributed by atoms with Crippen LogP contribution in [0.1, 0.15) is 49.7 Å². The van der Waals surface area contributed by atoms with E-state index in [1.807, 2.05) is 0 Å². The van der Waals surface area contributed by atoms with Crippen molar-refractivity contribution < 1.29 is 19.8 Å². The number of aliphatic carboxylic acids is 2. The third kappa shape index (κ3) is 8.90. The highest BCUT2D eigenvalue weighted by Crippen LogP contribution is 2.27. The van der Waals surface area contributed by atoms with Crippen LogP contribution in [0.15, 0.2) is 60.7 Å². The number of likely N-dealkylation sites (tertiary alicyclic amines) is 1. The normalized spacial score (nSPS) is 14.6. The van der Waals surface area contributed by atoms with Gasteiger partial charge >= 0.3 is 11.9 Å². The van der Waals surface area contributed by atoms with Crippen molar-refractivity contribution in [3.63, 3.8) is 0 Å². The minimum atomic E-state index is -1.82. The summed E-state index contributed by atoms with van der Waals surface area (Å²) < 4.78 is 0. The Morgan fingerprint density at radius 3 is 1.84 bits per heavy atom. The number of carboxylic acids is 2. The van der Waals surface area contributed by atoms with Crippen LogP contribution in [0.3, 0.4) is 0 Å². The molecule has 0 radical (unpaired) electrons. The van der Waals surface area contributed by atoms with Gasteiger partial charge in [0, 0.05) is 12.0 Å². The van der Waals surface area contributed by atoms with Crippen molar-refractivity contribution in [3.05, 3.63) is 71.8 Å². The molecule has 0 amide bonds. The predicted molar refractivity (Wildman–Crippen MR) is 122 cm³/mol. The molecule has 1 heterocycles. The number of hydrogen-bond donors (Lipinski definition) is 3. The highest BCUT2D eigenvalue weighted by Gasteiger charge is 2.19. The van der Waals surface area contributed by atoms with Crippen LogP contribution in [-0.2, 0) is 9.59 Å². The monoisotopic (exact) mass is 426 g/mol. The number of rotatable bonds is 8. The lowest BCUT2D eigenvalue weighted by molar-refractivity contribution is -0.159. The first kappa shape index (κ1) is 24.6. The molecule has 1 fully saturated rings. The van der Waals surface area contributed by atoms with E-state index in [0.29, 0.717) is 12.0 Å². The van der Waals surface area contributed by atoms with E-state index >= 15 is 0 Å². The van der Waals surface area contributed by atoms with Crippen molar-refractivity contribution in [2.45, 2.75) is 44.6 Å². The Bertz CT molecular complexity index is 723. The van der Waals surface area contributed by atoms with Gasteiger partial charge in [-0.05, 0) is 63.0 Å². The summed E-state index contributed by atoms with van der Waals surface area (Å²) in [6, 6.07) is 22.6. The summed E-state index contributed by atoms with van der Waals surface area (Å²) in [5, 5.41) is 18.6. The molecule has 1 saturated heterocycles. The Kier molecular flexibility index (Phi) is 10.8. The molecule has 1 aliphatic heterocycles. The lowest BCUT2D eigenvalue weighted by Crippen LogP contribution is -2.43. The second-order valence-electron chi connectivity index (χ2n) is 7.84. The molecule has 3 N–H and O–H groups in total. The van der Waals surface area contributed by atoms with Crippen molar-refractivity contribution in [1.82, 2.24) is 10.2 Å². The van der Waals surface area contributed by atoms with Gasteiger partial charge in [0.25, 0.3) is 0 Å². The second kappa shape index (κ2) is 13.6. The van der Waals surface area contributed by atoms with E-state index in [-0.39, 0.29) is 0 Å². The summed E-state index contributed by atoms with van der Waals surface area (Å²) in [7, 11) is 0. The van der Waals surface area contributed by atoms with Gasteiger partial charge in [-0.15, -0.1) is 0 Å². The van der Waals surface area contributed by atoms with E-state index in [4.69, 9.17) is 19.8 Å². The van der Waals surface area contributed by atoms with Gasteiger partial charge in [-0.2, -0.15) is 0 Å². The Hall–Kier alpha value is -2.70. The number of hydrogen-bond acceptors (Lipinski definition) is 4. The number of carboxylic acid groups (broad SMARTS) is 2. The Labute approximate surface area is 184 Å². The maximum atomic E-state index is 9.10. The molecule has 2 aromatic rings. The van der Waals surface area contributed by atoms with Gasteiger partial charge < -0.3 is 20.4 Å². The molecule has 6 nitrogen and oxygen atoms in total. The van der Waals surface area contributed by atoms with Gasteiger partial charge in [0.2, 0.25) is 0 Å². The molecular formula is C25H34N2O4. The molecule has 1 aliphatic rings. The fourth-order valence-electron chi connectivity index (χ4n) is 4.01. The van der Waals surface area contributed by atoms with E-state index in [9.17, 15) is 0 Å². The van der Waals surface area contributed by atoms with Gasteiger partial charge in [0.1, 0.15) is 0 Å². The van der Waals surface area contributed by atoms with Crippen molar-refractivity contribution in [3.8, 4) is 0 Å². The average Bonchev–Trinajstić information content (AvgIpc) is 2.79. The molecule has 3 rings (SSSR count). The van der Waals surface area contributed by atoms with E-state index in [0.717, 1.165) is 13.0 Å². The zero-order chi connectivity index (χ0) is 22.5. The molecule has 0 atom stereocenters. The third-order valence-corrected chi connectivity index (χ3v) is 5.58. The van der Waals surface area contributed by atoms with Crippen LogP contribution >= 0.6 is 0 Å². The van der Waals surface area contributed by atoms with Crippen LogP contribution in [0.5, 0.6) is 0 Å². The molecular weight excluding hydrogens is 392 g/mol. The van der Waals surface area contributed by atoms with Crippen molar-refractivity contribution in [2.24, 2.45) is 0 Å². The zero-order valence-electron chi connectivity index (χ0n) is 18.2. The number of nitrogens with zero attached hydrogens (tertiary/aromatic N) is 1. The average molecular weight is 427 g/mol. The molecule has 6 heteroatoms. The fourth-order valence-corrected chi connectivity index (χ4v) is 4.01. The summed E-state index contributed by atoms with van der Waals surface area (Å²) >= 11 is 0. The van der Waals surface area contributed by atoms with Crippen LogP contribution < -0.4 is 5.32 Å². The van der Waals surface area contributed by atoms with E-state index in [1.54, 1.807) is 0 Å². The van der Waals surface area contributed by atoms with Gasteiger partial charge in [-0.1, -0.05) is 67.6 Å². The van der Waals surface area contributed by atoms with Crippen molar-refractivity contribution >= 4 is 11.9 Å².